The molecule has 0 atom stereocenters. The lowest BCUT2D eigenvalue weighted by atomic mass is 10.1. The van der Waals surface area contributed by atoms with Crippen LogP contribution in [-0.4, -0.2) is 5.97 Å². The van der Waals surface area contributed by atoms with E-state index in [4.69, 9.17) is 4.74 Å². The number of ether oxygens (including phenoxy) is 1. The molecule has 21 heavy (non-hydrogen) atoms. The monoisotopic (exact) mass is 280 g/mol. The Labute approximate surface area is 122 Å². The molecule has 0 N–H and O–H groups in total. The van der Waals surface area contributed by atoms with Crippen molar-refractivity contribution in [2.24, 2.45) is 0 Å². The van der Waals surface area contributed by atoms with Gasteiger partial charge in [-0.3, -0.25) is 0 Å². The molecule has 1 heterocycles. The number of halogens is 1. The molecular formula is C18H13FO2. The molecule has 0 spiro atoms. The van der Waals surface area contributed by atoms with Gasteiger partial charge in [-0.2, -0.15) is 0 Å². The summed E-state index contributed by atoms with van der Waals surface area (Å²) in [6.07, 6.45) is 4.00. The van der Waals surface area contributed by atoms with E-state index >= 15 is 0 Å². The van der Waals surface area contributed by atoms with Crippen LogP contribution in [0.4, 0.5) is 4.39 Å². The number of rotatable bonds is 3. The number of esters is 1. The standard InChI is InChI=1S/C18H13FO2/c19-16-8-6-14(7-9-16)11-17-12-15(18(20)21-17)10-13-4-2-1-3-5-13/h1-10,12H,11H2/b15-10+. The molecule has 0 unspecified atom stereocenters. The summed E-state index contributed by atoms with van der Waals surface area (Å²) in [5.74, 6) is -0.0504. The second-order valence-corrected chi connectivity index (χ2v) is 4.81. The van der Waals surface area contributed by atoms with E-state index in [9.17, 15) is 9.18 Å². The van der Waals surface area contributed by atoms with Gasteiger partial charge < -0.3 is 4.74 Å². The molecule has 0 bridgehead atoms. The lowest BCUT2D eigenvalue weighted by Gasteiger charge is -2.01. The molecule has 2 aromatic carbocycles. The number of allylic oxidation sites excluding steroid dienone is 1. The summed E-state index contributed by atoms with van der Waals surface area (Å²) in [5, 5.41) is 0. The maximum atomic E-state index is 12.9. The largest absolute Gasteiger partial charge is 0.427 e. The minimum Gasteiger partial charge on any atom is -0.427 e. The maximum absolute atomic E-state index is 12.9. The zero-order valence-electron chi connectivity index (χ0n) is 11.3. The van der Waals surface area contributed by atoms with Crippen molar-refractivity contribution in [2.45, 2.75) is 6.42 Å². The molecule has 0 saturated heterocycles. The van der Waals surface area contributed by atoms with E-state index in [1.54, 1.807) is 24.3 Å². The van der Waals surface area contributed by atoms with Gasteiger partial charge in [0.05, 0.1) is 5.57 Å². The van der Waals surface area contributed by atoms with Crippen LogP contribution in [0.2, 0.25) is 0 Å². The predicted octanol–water partition coefficient (Wildman–Crippen LogP) is 3.89. The van der Waals surface area contributed by atoms with Crippen molar-refractivity contribution in [3.8, 4) is 0 Å². The smallest absolute Gasteiger partial charge is 0.343 e. The van der Waals surface area contributed by atoms with Crippen molar-refractivity contribution >= 4 is 12.0 Å². The number of hydrogen-bond donors (Lipinski definition) is 0. The van der Waals surface area contributed by atoms with Crippen LogP contribution in [0.15, 0.2) is 72.0 Å². The van der Waals surface area contributed by atoms with Gasteiger partial charge in [-0.1, -0.05) is 42.5 Å². The van der Waals surface area contributed by atoms with Gasteiger partial charge in [0.25, 0.3) is 0 Å². The number of cyclic esters (lactones) is 1. The van der Waals surface area contributed by atoms with E-state index in [2.05, 4.69) is 0 Å². The van der Waals surface area contributed by atoms with Crippen molar-refractivity contribution in [2.75, 3.05) is 0 Å². The lowest BCUT2D eigenvalue weighted by Crippen LogP contribution is -1.99. The molecule has 3 heteroatoms. The molecule has 1 aliphatic rings. The first-order valence-electron chi connectivity index (χ1n) is 6.65. The van der Waals surface area contributed by atoms with Crippen LogP contribution in [0.25, 0.3) is 6.08 Å². The highest BCUT2D eigenvalue weighted by atomic mass is 19.1. The van der Waals surface area contributed by atoms with E-state index in [0.29, 0.717) is 17.8 Å². The van der Waals surface area contributed by atoms with Crippen molar-refractivity contribution in [3.63, 3.8) is 0 Å². The van der Waals surface area contributed by atoms with Gasteiger partial charge in [-0.15, -0.1) is 0 Å². The summed E-state index contributed by atoms with van der Waals surface area (Å²) in [6, 6.07) is 15.8. The normalized spacial score (nSPS) is 16.0. The molecule has 0 aliphatic carbocycles. The number of benzene rings is 2. The molecule has 0 saturated carbocycles. The topological polar surface area (TPSA) is 26.3 Å². The Balaban J connectivity index is 1.79. The van der Waals surface area contributed by atoms with Crippen molar-refractivity contribution < 1.29 is 13.9 Å². The molecule has 0 amide bonds. The molecule has 2 aromatic rings. The molecule has 104 valence electrons. The SMILES string of the molecule is O=C1OC(Cc2ccc(F)cc2)=C/C1=C\c1ccccc1. The Kier molecular flexibility index (Phi) is 3.65. The van der Waals surface area contributed by atoms with Crippen LogP contribution in [0.5, 0.6) is 0 Å². The predicted molar refractivity (Wildman–Crippen MR) is 78.7 cm³/mol. The van der Waals surface area contributed by atoms with E-state index in [0.717, 1.165) is 11.1 Å². The van der Waals surface area contributed by atoms with Crippen molar-refractivity contribution in [3.05, 3.63) is 88.9 Å². The Morgan fingerprint density at radius 2 is 1.71 bits per heavy atom. The second kappa shape index (κ2) is 5.75. The van der Waals surface area contributed by atoms with Gasteiger partial charge >= 0.3 is 5.97 Å². The average molecular weight is 280 g/mol. The summed E-state index contributed by atoms with van der Waals surface area (Å²) >= 11 is 0. The summed E-state index contributed by atoms with van der Waals surface area (Å²) in [4.78, 5) is 11.8. The van der Waals surface area contributed by atoms with Crippen LogP contribution >= 0.6 is 0 Å². The molecule has 2 nitrogen and oxygen atoms in total. The molecule has 0 fully saturated rings. The van der Waals surface area contributed by atoms with Crippen molar-refractivity contribution in [1.29, 1.82) is 0 Å². The fourth-order valence-electron chi connectivity index (χ4n) is 2.16. The fraction of sp³-hybridized carbons (Fsp3) is 0.0556. The number of hydrogen-bond acceptors (Lipinski definition) is 2. The highest BCUT2D eigenvalue weighted by Crippen LogP contribution is 2.22. The first-order chi connectivity index (χ1) is 10.2. The van der Waals surface area contributed by atoms with Crippen LogP contribution in [-0.2, 0) is 16.0 Å². The Morgan fingerprint density at radius 3 is 2.43 bits per heavy atom. The summed E-state index contributed by atoms with van der Waals surface area (Å²) < 4.78 is 18.1. The molecular weight excluding hydrogens is 267 g/mol. The molecule has 0 aromatic heterocycles. The molecule has 1 aliphatic heterocycles. The summed E-state index contributed by atoms with van der Waals surface area (Å²) in [6.45, 7) is 0. The van der Waals surface area contributed by atoms with Gasteiger partial charge in [-0.25, -0.2) is 9.18 Å². The van der Waals surface area contributed by atoms with E-state index in [-0.39, 0.29) is 11.8 Å². The zero-order chi connectivity index (χ0) is 14.7. The molecule has 3 rings (SSSR count). The van der Waals surface area contributed by atoms with E-state index in [1.807, 2.05) is 30.3 Å². The van der Waals surface area contributed by atoms with Crippen LogP contribution in [0.1, 0.15) is 11.1 Å². The second-order valence-electron chi connectivity index (χ2n) is 4.81. The lowest BCUT2D eigenvalue weighted by molar-refractivity contribution is -0.133. The minimum atomic E-state index is -0.351. The van der Waals surface area contributed by atoms with Gasteiger partial charge in [0, 0.05) is 6.42 Å². The van der Waals surface area contributed by atoms with Gasteiger partial charge in [0.2, 0.25) is 0 Å². The third-order valence-corrected chi connectivity index (χ3v) is 3.19. The van der Waals surface area contributed by atoms with Crippen LogP contribution in [0, 0.1) is 5.82 Å². The quantitative estimate of drug-likeness (QED) is 0.629. The maximum Gasteiger partial charge on any atom is 0.343 e. The average Bonchev–Trinajstić information content (AvgIpc) is 2.82. The van der Waals surface area contributed by atoms with Crippen molar-refractivity contribution in [1.82, 2.24) is 0 Å². The van der Waals surface area contributed by atoms with Gasteiger partial charge in [-0.05, 0) is 35.4 Å². The highest BCUT2D eigenvalue weighted by molar-refractivity contribution is 5.99. The number of carbonyl (C=O) groups excluding carboxylic acids is 1. The Hall–Kier alpha value is -2.68. The third kappa shape index (κ3) is 3.26. The van der Waals surface area contributed by atoms with E-state index in [1.165, 1.54) is 12.1 Å². The fourth-order valence-corrected chi connectivity index (χ4v) is 2.16. The number of carbonyl (C=O) groups is 1. The zero-order valence-corrected chi connectivity index (χ0v) is 11.3. The third-order valence-electron chi connectivity index (χ3n) is 3.19. The Bertz CT molecular complexity index is 713. The van der Waals surface area contributed by atoms with E-state index < -0.39 is 0 Å². The Morgan fingerprint density at radius 1 is 1.00 bits per heavy atom. The van der Waals surface area contributed by atoms with Crippen LogP contribution < -0.4 is 0 Å². The first-order valence-corrected chi connectivity index (χ1v) is 6.65. The summed E-state index contributed by atoms with van der Waals surface area (Å²) in [7, 11) is 0. The van der Waals surface area contributed by atoms with Crippen LogP contribution in [0.3, 0.4) is 0 Å². The highest BCUT2D eigenvalue weighted by Gasteiger charge is 2.20. The van der Waals surface area contributed by atoms with Gasteiger partial charge in [0.15, 0.2) is 0 Å². The minimum absolute atomic E-state index is 0.277. The first kappa shape index (κ1) is 13.3. The molecule has 0 radical (unpaired) electrons. The van der Waals surface area contributed by atoms with Gasteiger partial charge in [0.1, 0.15) is 11.6 Å². The summed E-state index contributed by atoms with van der Waals surface area (Å²) in [5.41, 5.74) is 2.37.